The van der Waals surface area contributed by atoms with Crippen molar-refractivity contribution in [2.75, 3.05) is 0 Å². The number of nitrogens with one attached hydrogen (secondary N) is 2. The van der Waals surface area contributed by atoms with Gasteiger partial charge in [-0.3, -0.25) is 14.0 Å². The van der Waals surface area contributed by atoms with Crippen molar-refractivity contribution in [2.24, 2.45) is 0 Å². The molecule has 1 unspecified atom stereocenters. The number of fused-ring (bicyclic) bond motifs is 1. The minimum Gasteiger partial charge on any atom is -0.348 e. The molecule has 2 amide bonds. The molecule has 6 nitrogen and oxygen atoms in total. The van der Waals surface area contributed by atoms with Crippen LogP contribution in [-0.2, 0) is 6.54 Å². The van der Waals surface area contributed by atoms with Crippen LogP contribution >= 0.6 is 0 Å². The van der Waals surface area contributed by atoms with Gasteiger partial charge in [-0.2, -0.15) is 0 Å². The van der Waals surface area contributed by atoms with Crippen molar-refractivity contribution in [2.45, 2.75) is 39.8 Å². The molecule has 0 aliphatic carbocycles. The number of benzene rings is 1. The largest absolute Gasteiger partial charge is 0.348 e. The fraction of sp³-hybridized carbons (Fsp3) is 0.286. The van der Waals surface area contributed by atoms with E-state index in [0.29, 0.717) is 12.1 Å². The minimum atomic E-state index is -0.320. The van der Waals surface area contributed by atoms with Gasteiger partial charge in [0, 0.05) is 18.8 Å². The molecule has 140 valence electrons. The van der Waals surface area contributed by atoms with E-state index >= 15 is 0 Å². The number of rotatable bonds is 6. The van der Waals surface area contributed by atoms with E-state index in [1.807, 2.05) is 57.2 Å². The summed E-state index contributed by atoms with van der Waals surface area (Å²) in [5, 5.41) is 5.78. The van der Waals surface area contributed by atoms with Crippen LogP contribution in [0.2, 0.25) is 0 Å². The summed E-state index contributed by atoms with van der Waals surface area (Å²) in [6.45, 7) is 6.35. The fourth-order valence-corrected chi connectivity index (χ4v) is 2.73. The average Bonchev–Trinajstić information content (AvgIpc) is 3.07. The third-order valence-corrected chi connectivity index (χ3v) is 4.53. The van der Waals surface area contributed by atoms with E-state index in [-0.39, 0.29) is 29.4 Å². The lowest BCUT2D eigenvalue weighted by Crippen LogP contribution is -2.32. The Hall–Kier alpha value is -3.15. The molecule has 3 rings (SSSR count). The lowest BCUT2D eigenvalue weighted by molar-refractivity contribution is 0.0936. The summed E-state index contributed by atoms with van der Waals surface area (Å²) >= 11 is 0. The molecule has 2 N–H and O–H groups in total. The molecular weight excluding hydrogens is 340 g/mol. The summed E-state index contributed by atoms with van der Waals surface area (Å²) in [4.78, 5) is 29.6. The molecule has 0 spiro atoms. The van der Waals surface area contributed by atoms with Gasteiger partial charge in [0.1, 0.15) is 0 Å². The van der Waals surface area contributed by atoms with Gasteiger partial charge in [-0.05, 0) is 38.0 Å². The number of carbonyl (C=O) groups excluding carboxylic acids is 2. The van der Waals surface area contributed by atoms with Gasteiger partial charge in [0.05, 0.1) is 5.52 Å². The van der Waals surface area contributed by atoms with Crippen molar-refractivity contribution in [3.05, 3.63) is 71.3 Å². The Labute approximate surface area is 158 Å². The molecule has 0 saturated carbocycles. The maximum absolute atomic E-state index is 12.7. The summed E-state index contributed by atoms with van der Waals surface area (Å²) in [6, 6.07) is 13.4. The number of aromatic nitrogens is 2. The van der Waals surface area contributed by atoms with Gasteiger partial charge in [0.25, 0.3) is 11.8 Å². The summed E-state index contributed by atoms with van der Waals surface area (Å²) in [5.74, 6) is -0.392. The van der Waals surface area contributed by atoms with Crippen LogP contribution in [0.25, 0.3) is 5.52 Å². The van der Waals surface area contributed by atoms with Gasteiger partial charge in [-0.25, -0.2) is 4.98 Å². The van der Waals surface area contributed by atoms with E-state index in [1.54, 1.807) is 16.7 Å². The lowest BCUT2D eigenvalue weighted by Gasteiger charge is -2.09. The number of carbonyl (C=O) groups is 2. The van der Waals surface area contributed by atoms with Crippen LogP contribution in [0.5, 0.6) is 0 Å². The number of imidazole rings is 1. The van der Waals surface area contributed by atoms with E-state index in [2.05, 4.69) is 15.6 Å². The molecule has 2 aromatic heterocycles. The Morgan fingerprint density at radius 1 is 1.11 bits per heavy atom. The average molecular weight is 364 g/mol. The Balaban J connectivity index is 1.84. The minimum absolute atomic E-state index is 0.0387. The molecule has 0 aliphatic rings. The number of amides is 2. The predicted octanol–water partition coefficient (Wildman–Crippen LogP) is 3.10. The molecule has 0 radical (unpaired) electrons. The lowest BCUT2D eigenvalue weighted by atomic mass is 10.1. The van der Waals surface area contributed by atoms with Crippen LogP contribution in [0.1, 0.15) is 52.5 Å². The Morgan fingerprint density at radius 2 is 1.85 bits per heavy atom. The number of nitrogens with zero attached hydrogens (tertiary/aromatic N) is 2. The maximum atomic E-state index is 12.7. The summed E-state index contributed by atoms with van der Waals surface area (Å²) in [7, 11) is 0. The predicted molar refractivity (Wildman–Crippen MR) is 105 cm³/mol. The first-order valence-electron chi connectivity index (χ1n) is 9.11. The molecule has 3 aromatic rings. The molecule has 27 heavy (non-hydrogen) atoms. The van der Waals surface area contributed by atoms with Gasteiger partial charge < -0.3 is 10.6 Å². The van der Waals surface area contributed by atoms with Gasteiger partial charge in [-0.1, -0.05) is 42.8 Å². The van der Waals surface area contributed by atoms with Crippen LogP contribution in [0.15, 0.2) is 48.7 Å². The first-order valence-corrected chi connectivity index (χ1v) is 9.11. The van der Waals surface area contributed by atoms with Crippen LogP contribution in [-0.4, -0.2) is 27.2 Å². The Kier molecular flexibility index (Phi) is 5.54. The molecular formula is C21H24N4O2. The zero-order valence-corrected chi connectivity index (χ0v) is 15.8. The van der Waals surface area contributed by atoms with Gasteiger partial charge in [0.15, 0.2) is 5.69 Å². The zero-order valence-electron chi connectivity index (χ0n) is 15.8. The quantitative estimate of drug-likeness (QED) is 0.706. The van der Waals surface area contributed by atoms with Crippen LogP contribution in [0, 0.1) is 6.92 Å². The van der Waals surface area contributed by atoms with Crippen molar-refractivity contribution < 1.29 is 9.59 Å². The van der Waals surface area contributed by atoms with E-state index in [0.717, 1.165) is 12.0 Å². The van der Waals surface area contributed by atoms with Crippen molar-refractivity contribution in [3.8, 4) is 0 Å². The molecule has 0 bridgehead atoms. The third-order valence-electron chi connectivity index (χ3n) is 4.53. The molecule has 0 saturated heterocycles. The van der Waals surface area contributed by atoms with Gasteiger partial charge >= 0.3 is 0 Å². The van der Waals surface area contributed by atoms with E-state index in [1.165, 1.54) is 5.56 Å². The highest BCUT2D eigenvalue weighted by molar-refractivity contribution is 6.02. The number of hydrogen-bond donors (Lipinski definition) is 2. The Bertz CT molecular complexity index is 960. The number of pyridine rings is 1. The highest BCUT2D eigenvalue weighted by Crippen LogP contribution is 2.14. The monoisotopic (exact) mass is 364 g/mol. The first-order chi connectivity index (χ1) is 13.0. The van der Waals surface area contributed by atoms with E-state index in [9.17, 15) is 9.59 Å². The van der Waals surface area contributed by atoms with E-state index < -0.39 is 0 Å². The molecule has 6 heteroatoms. The third kappa shape index (κ3) is 4.16. The number of aryl methyl sites for hydroxylation is 1. The second kappa shape index (κ2) is 8.03. The molecule has 2 heterocycles. The van der Waals surface area contributed by atoms with Crippen LogP contribution in [0.3, 0.4) is 0 Å². The van der Waals surface area contributed by atoms with Crippen molar-refractivity contribution >= 4 is 17.3 Å². The second-order valence-corrected chi connectivity index (χ2v) is 6.69. The van der Waals surface area contributed by atoms with Gasteiger partial charge in [-0.15, -0.1) is 0 Å². The second-order valence-electron chi connectivity index (χ2n) is 6.69. The standard InChI is InChI=1S/C21H24N4O2/c1-4-15(3)23-20(26)18-17-7-5-6-12-25(17)19(24-18)21(27)22-13-16-10-8-14(2)9-11-16/h5-12,15H,4,13H2,1-3H3,(H,22,27)(H,23,26). The Morgan fingerprint density at radius 3 is 2.56 bits per heavy atom. The van der Waals surface area contributed by atoms with Gasteiger partial charge in [0.2, 0.25) is 5.82 Å². The maximum Gasteiger partial charge on any atom is 0.287 e. The first kappa shape index (κ1) is 18.6. The van der Waals surface area contributed by atoms with Crippen molar-refractivity contribution in [3.63, 3.8) is 0 Å². The van der Waals surface area contributed by atoms with Crippen LogP contribution in [0.4, 0.5) is 0 Å². The van der Waals surface area contributed by atoms with Crippen molar-refractivity contribution in [1.29, 1.82) is 0 Å². The fourth-order valence-electron chi connectivity index (χ4n) is 2.73. The molecule has 1 atom stereocenters. The van der Waals surface area contributed by atoms with Crippen LogP contribution < -0.4 is 10.6 Å². The molecule has 1 aromatic carbocycles. The highest BCUT2D eigenvalue weighted by atomic mass is 16.2. The SMILES string of the molecule is CCC(C)NC(=O)c1nc(C(=O)NCc2ccc(C)cc2)n2ccccc12. The highest BCUT2D eigenvalue weighted by Gasteiger charge is 2.21. The normalized spacial score (nSPS) is 12.0. The topological polar surface area (TPSA) is 75.5 Å². The zero-order chi connectivity index (χ0) is 19.4. The summed E-state index contributed by atoms with van der Waals surface area (Å²) in [5.41, 5.74) is 3.04. The summed E-state index contributed by atoms with van der Waals surface area (Å²) in [6.07, 6.45) is 2.56. The molecule has 0 fully saturated rings. The molecule has 0 aliphatic heterocycles. The smallest absolute Gasteiger partial charge is 0.287 e. The number of hydrogen-bond acceptors (Lipinski definition) is 3. The van der Waals surface area contributed by atoms with E-state index in [4.69, 9.17) is 0 Å². The summed E-state index contributed by atoms with van der Waals surface area (Å²) < 4.78 is 1.65. The van der Waals surface area contributed by atoms with Crippen molar-refractivity contribution in [1.82, 2.24) is 20.0 Å².